The molecule has 0 spiro atoms. The van der Waals surface area contributed by atoms with Gasteiger partial charge in [-0.2, -0.15) is 5.10 Å². The highest BCUT2D eigenvalue weighted by molar-refractivity contribution is 5.87. The molecule has 25 heavy (non-hydrogen) atoms. The number of rotatable bonds is 2. The van der Waals surface area contributed by atoms with Crippen LogP contribution in [0.5, 0.6) is 0 Å². The smallest absolute Gasteiger partial charge is 0.227 e. The van der Waals surface area contributed by atoms with Crippen LogP contribution in [-0.4, -0.2) is 62.8 Å². The Hall–Kier alpha value is -2.22. The second-order valence-electron chi connectivity index (χ2n) is 7.11. The van der Waals surface area contributed by atoms with E-state index in [0.29, 0.717) is 13.1 Å². The summed E-state index contributed by atoms with van der Waals surface area (Å²) in [6, 6.07) is 0.0325. The first-order chi connectivity index (χ1) is 12.0. The Morgan fingerprint density at radius 1 is 1.20 bits per heavy atom. The van der Waals surface area contributed by atoms with Crippen LogP contribution >= 0.6 is 0 Å². The first kappa shape index (κ1) is 16.3. The Kier molecular flexibility index (Phi) is 4.07. The lowest BCUT2D eigenvalue weighted by Crippen LogP contribution is -2.52. The van der Waals surface area contributed by atoms with Gasteiger partial charge < -0.3 is 15.5 Å². The number of aromatic nitrogens is 4. The third-order valence-electron chi connectivity index (χ3n) is 5.46. The molecule has 2 N–H and O–H groups in total. The standard InChI is InChI=1S/C17H25N7O/c1-11-20-15-13(10-19-22(15)2)16(21-11)23-6-8-24(9-7-23)17(25)12-4-3-5-14(12)18/h10,12,14H,3-9,18H2,1-2H3. The molecule has 2 aromatic rings. The van der Waals surface area contributed by atoms with Crippen LogP contribution in [0.25, 0.3) is 11.0 Å². The first-order valence-electron chi connectivity index (χ1n) is 9.00. The van der Waals surface area contributed by atoms with E-state index < -0.39 is 0 Å². The molecule has 0 aromatic carbocycles. The largest absolute Gasteiger partial charge is 0.352 e. The lowest BCUT2D eigenvalue weighted by Gasteiger charge is -2.37. The van der Waals surface area contributed by atoms with Gasteiger partial charge in [0.2, 0.25) is 5.91 Å². The Balaban J connectivity index is 1.50. The van der Waals surface area contributed by atoms with Crippen LogP contribution in [0.15, 0.2) is 6.20 Å². The van der Waals surface area contributed by atoms with Crippen LogP contribution < -0.4 is 10.6 Å². The minimum absolute atomic E-state index is 0.0119. The zero-order chi connectivity index (χ0) is 17.6. The summed E-state index contributed by atoms with van der Waals surface area (Å²) in [6.45, 7) is 4.87. The van der Waals surface area contributed by atoms with Crippen molar-refractivity contribution in [3.63, 3.8) is 0 Å². The molecule has 1 saturated heterocycles. The second-order valence-corrected chi connectivity index (χ2v) is 7.11. The molecule has 2 aromatic heterocycles. The molecule has 3 heterocycles. The minimum Gasteiger partial charge on any atom is -0.352 e. The summed E-state index contributed by atoms with van der Waals surface area (Å²) in [4.78, 5) is 26.0. The zero-order valence-electron chi connectivity index (χ0n) is 14.9. The quantitative estimate of drug-likeness (QED) is 0.851. The predicted octanol–water partition coefficient (Wildman–Crippen LogP) is 0.448. The summed E-state index contributed by atoms with van der Waals surface area (Å²) < 4.78 is 1.77. The normalized spacial score (nSPS) is 24.3. The fourth-order valence-electron chi connectivity index (χ4n) is 4.02. The maximum atomic E-state index is 12.7. The highest BCUT2D eigenvalue weighted by Crippen LogP contribution is 2.28. The second kappa shape index (κ2) is 6.25. The van der Waals surface area contributed by atoms with E-state index >= 15 is 0 Å². The third-order valence-corrected chi connectivity index (χ3v) is 5.46. The Bertz CT molecular complexity index is 794. The Morgan fingerprint density at radius 2 is 1.96 bits per heavy atom. The molecule has 0 radical (unpaired) electrons. The van der Waals surface area contributed by atoms with E-state index in [1.54, 1.807) is 4.68 Å². The first-order valence-corrected chi connectivity index (χ1v) is 9.00. The molecule has 2 atom stereocenters. The average molecular weight is 343 g/mol. The number of hydrogen-bond donors (Lipinski definition) is 1. The number of nitrogens with two attached hydrogens (primary N) is 1. The van der Waals surface area contributed by atoms with Gasteiger partial charge in [0.25, 0.3) is 0 Å². The van der Waals surface area contributed by atoms with Gasteiger partial charge >= 0.3 is 0 Å². The van der Waals surface area contributed by atoms with Crippen LogP contribution in [0.4, 0.5) is 5.82 Å². The summed E-state index contributed by atoms with van der Waals surface area (Å²) >= 11 is 0. The topological polar surface area (TPSA) is 93.2 Å². The summed E-state index contributed by atoms with van der Waals surface area (Å²) in [5.41, 5.74) is 6.95. The average Bonchev–Trinajstić information content (AvgIpc) is 3.20. The number of carbonyl (C=O) groups excluding carboxylic acids is 1. The maximum absolute atomic E-state index is 12.7. The number of aryl methyl sites for hydroxylation is 2. The lowest BCUT2D eigenvalue weighted by molar-refractivity contribution is -0.136. The van der Waals surface area contributed by atoms with E-state index in [-0.39, 0.29) is 17.9 Å². The van der Waals surface area contributed by atoms with Crippen LogP contribution in [0.1, 0.15) is 25.1 Å². The van der Waals surface area contributed by atoms with Crippen molar-refractivity contribution in [1.82, 2.24) is 24.6 Å². The molecule has 8 heteroatoms. The van der Waals surface area contributed by atoms with Gasteiger partial charge in [0.1, 0.15) is 11.6 Å². The third kappa shape index (κ3) is 2.84. The number of hydrogen-bond acceptors (Lipinski definition) is 6. The van der Waals surface area contributed by atoms with Gasteiger partial charge in [0.15, 0.2) is 5.65 Å². The van der Waals surface area contributed by atoms with Gasteiger partial charge in [0, 0.05) is 39.3 Å². The highest BCUT2D eigenvalue weighted by Gasteiger charge is 2.34. The number of piperazine rings is 1. The molecule has 1 amide bonds. The molecular formula is C17H25N7O. The van der Waals surface area contributed by atoms with Crippen LogP contribution in [0.3, 0.4) is 0 Å². The summed E-state index contributed by atoms with van der Waals surface area (Å²) in [6.07, 6.45) is 4.78. The minimum atomic E-state index is 0.0119. The lowest BCUT2D eigenvalue weighted by atomic mass is 10.0. The van der Waals surface area contributed by atoms with Crippen LogP contribution in [-0.2, 0) is 11.8 Å². The monoisotopic (exact) mass is 343 g/mol. The van der Waals surface area contributed by atoms with Crippen molar-refractivity contribution >= 4 is 22.8 Å². The molecule has 4 rings (SSSR count). The van der Waals surface area contributed by atoms with E-state index in [2.05, 4.69) is 20.0 Å². The molecule has 8 nitrogen and oxygen atoms in total. The summed E-state index contributed by atoms with van der Waals surface area (Å²) in [5, 5.41) is 5.27. The van der Waals surface area contributed by atoms with Gasteiger partial charge in [-0.25, -0.2) is 9.97 Å². The molecule has 1 saturated carbocycles. The van der Waals surface area contributed by atoms with Gasteiger partial charge in [-0.15, -0.1) is 0 Å². The number of amides is 1. The molecule has 134 valence electrons. The van der Waals surface area contributed by atoms with E-state index in [4.69, 9.17) is 5.73 Å². The predicted molar refractivity (Wildman–Crippen MR) is 95.2 cm³/mol. The molecule has 2 fully saturated rings. The fourth-order valence-corrected chi connectivity index (χ4v) is 4.02. The number of nitrogens with zero attached hydrogens (tertiary/aromatic N) is 6. The van der Waals surface area contributed by atoms with E-state index in [1.807, 2.05) is 25.1 Å². The molecule has 0 bridgehead atoms. The number of carbonyl (C=O) groups is 1. The molecule has 2 unspecified atom stereocenters. The summed E-state index contributed by atoms with van der Waals surface area (Å²) in [5.74, 6) is 1.90. The van der Waals surface area contributed by atoms with Gasteiger partial charge in [0.05, 0.1) is 17.5 Å². The van der Waals surface area contributed by atoms with Crippen molar-refractivity contribution in [2.75, 3.05) is 31.1 Å². The molecule has 1 aliphatic carbocycles. The van der Waals surface area contributed by atoms with Gasteiger partial charge in [-0.3, -0.25) is 9.48 Å². The van der Waals surface area contributed by atoms with E-state index in [0.717, 1.165) is 55.0 Å². The molecule has 1 aliphatic heterocycles. The van der Waals surface area contributed by atoms with Crippen molar-refractivity contribution in [2.24, 2.45) is 18.7 Å². The fraction of sp³-hybridized carbons (Fsp3) is 0.647. The Labute approximate surface area is 147 Å². The SMILES string of the molecule is Cc1nc(N2CCN(C(=O)C3CCCC3N)CC2)c2cnn(C)c2n1. The number of anilines is 1. The van der Waals surface area contributed by atoms with Crippen molar-refractivity contribution in [1.29, 1.82) is 0 Å². The zero-order valence-corrected chi connectivity index (χ0v) is 14.9. The number of fused-ring (bicyclic) bond motifs is 1. The summed E-state index contributed by atoms with van der Waals surface area (Å²) in [7, 11) is 1.89. The van der Waals surface area contributed by atoms with Crippen molar-refractivity contribution in [2.45, 2.75) is 32.2 Å². The van der Waals surface area contributed by atoms with Gasteiger partial charge in [-0.05, 0) is 19.8 Å². The molecular weight excluding hydrogens is 318 g/mol. The van der Waals surface area contributed by atoms with Crippen LogP contribution in [0.2, 0.25) is 0 Å². The van der Waals surface area contributed by atoms with Crippen molar-refractivity contribution in [3.05, 3.63) is 12.0 Å². The van der Waals surface area contributed by atoms with Crippen LogP contribution in [0, 0.1) is 12.8 Å². The molecule has 2 aliphatic rings. The highest BCUT2D eigenvalue weighted by atomic mass is 16.2. The van der Waals surface area contributed by atoms with Gasteiger partial charge in [-0.1, -0.05) is 6.42 Å². The van der Waals surface area contributed by atoms with Crippen molar-refractivity contribution < 1.29 is 4.79 Å². The van der Waals surface area contributed by atoms with E-state index in [9.17, 15) is 4.79 Å². The van der Waals surface area contributed by atoms with E-state index in [1.165, 1.54) is 0 Å². The van der Waals surface area contributed by atoms with Crippen molar-refractivity contribution in [3.8, 4) is 0 Å². The maximum Gasteiger partial charge on any atom is 0.227 e. The Morgan fingerprint density at radius 3 is 2.64 bits per heavy atom.